The predicted molar refractivity (Wildman–Crippen MR) is 99.2 cm³/mol. The predicted octanol–water partition coefficient (Wildman–Crippen LogP) is 2.91. The van der Waals surface area contributed by atoms with Crippen LogP contribution in [0.5, 0.6) is 11.7 Å². The fraction of sp³-hybridized carbons (Fsp3) is 0.300. The molecule has 0 unspecified atom stereocenters. The van der Waals surface area contributed by atoms with Gasteiger partial charge in [0.25, 0.3) is 5.95 Å². The van der Waals surface area contributed by atoms with Gasteiger partial charge >= 0.3 is 0 Å². The van der Waals surface area contributed by atoms with Gasteiger partial charge in [0.1, 0.15) is 11.5 Å². The number of benzene rings is 1. The Kier molecular flexibility index (Phi) is 4.93. The van der Waals surface area contributed by atoms with Crippen molar-refractivity contribution in [3.05, 3.63) is 66.2 Å². The van der Waals surface area contributed by atoms with E-state index < -0.39 is 0 Å². The van der Waals surface area contributed by atoms with Gasteiger partial charge in [-0.3, -0.25) is 9.48 Å². The molecule has 7 heteroatoms. The number of hydrogen-bond acceptors (Lipinski definition) is 5. The Morgan fingerprint density at radius 2 is 2.15 bits per heavy atom. The van der Waals surface area contributed by atoms with Gasteiger partial charge in [0.2, 0.25) is 5.91 Å². The second-order valence-corrected chi connectivity index (χ2v) is 6.65. The van der Waals surface area contributed by atoms with Gasteiger partial charge in [0.15, 0.2) is 0 Å². The molecule has 2 atom stereocenters. The van der Waals surface area contributed by atoms with Gasteiger partial charge in [-0.15, -0.1) is 0 Å². The van der Waals surface area contributed by atoms with Crippen LogP contribution in [0.2, 0.25) is 0 Å². The summed E-state index contributed by atoms with van der Waals surface area (Å²) in [5.74, 6) is 2.04. The van der Waals surface area contributed by atoms with Crippen LogP contribution in [0, 0.1) is 0 Å². The maximum Gasteiger partial charge on any atom is 0.290 e. The fourth-order valence-corrected chi connectivity index (χ4v) is 3.28. The lowest BCUT2D eigenvalue weighted by Gasteiger charge is -2.32. The molecule has 2 N–H and O–H groups in total. The molecule has 1 aromatic carbocycles. The van der Waals surface area contributed by atoms with Gasteiger partial charge in [-0.25, -0.2) is 0 Å². The van der Waals surface area contributed by atoms with Crippen molar-refractivity contribution < 1.29 is 13.9 Å². The summed E-state index contributed by atoms with van der Waals surface area (Å²) >= 11 is 0. The first-order valence-corrected chi connectivity index (χ1v) is 9.00. The standard InChI is InChI=1S/C20H22N4O3/c1-24-13-14(11-22-24)20-17(8-9-18(25)23-20)21-12-16-7-10-19(27-16)26-15-5-3-2-4-6-15/h2-7,10-11,13,17,20-21H,8-9,12H2,1H3,(H,23,25)/t17-,20+/m1/s1. The van der Waals surface area contributed by atoms with Crippen molar-refractivity contribution >= 4 is 5.91 Å². The van der Waals surface area contributed by atoms with Crippen LogP contribution in [0.4, 0.5) is 0 Å². The van der Waals surface area contributed by atoms with Crippen molar-refractivity contribution in [3.8, 4) is 11.7 Å². The molecule has 0 spiro atoms. The first kappa shape index (κ1) is 17.4. The maximum absolute atomic E-state index is 11.8. The third-order valence-electron chi connectivity index (χ3n) is 4.62. The smallest absolute Gasteiger partial charge is 0.290 e. The average Bonchev–Trinajstić information content (AvgIpc) is 3.30. The first-order chi connectivity index (χ1) is 13.2. The Labute approximate surface area is 157 Å². The van der Waals surface area contributed by atoms with Crippen LogP contribution in [0.1, 0.15) is 30.2 Å². The molecule has 7 nitrogen and oxygen atoms in total. The number of piperidine rings is 1. The third kappa shape index (κ3) is 4.20. The van der Waals surface area contributed by atoms with Crippen LogP contribution >= 0.6 is 0 Å². The number of amides is 1. The molecule has 0 bridgehead atoms. The number of para-hydroxylation sites is 1. The van der Waals surface area contributed by atoms with E-state index >= 15 is 0 Å². The van der Waals surface area contributed by atoms with Crippen molar-refractivity contribution in [1.29, 1.82) is 0 Å². The maximum atomic E-state index is 11.8. The molecule has 2 aromatic heterocycles. The lowest BCUT2D eigenvalue weighted by molar-refractivity contribution is -0.123. The molecule has 1 saturated heterocycles. The quantitative estimate of drug-likeness (QED) is 0.701. The van der Waals surface area contributed by atoms with Gasteiger partial charge in [0, 0.05) is 37.3 Å². The minimum atomic E-state index is -0.102. The average molecular weight is 366 g/mol. The highest BCUT2D eigenvalue weighted by atomic mass is 16.6. The van der Waals surface area contributed by atoms with E-state index in [2.05, 4.69) is 15.7 Å². The summed E-state index contributed by atoms with van der Waals surface area (Å²) in [6.45, 7) is 0.551. The lowest BCUT2D eigenvalue weighted by Crippen LogP contribution is -2.48. The zero-order valence-corrected chi connectivity index (χ0v) is 15.1. The van der Waals surface area contributed by atoms with Crippen LogP contribution in [0.3, 0.4) is 0 Å². The summed E-state index contributed by atoms with van der Waals surface area (Å²) in [5.41, 5.74) is 0.996. The van der Waals surface area contributed by atoms with Crippen molar-refractivity contribution in [2.75, 3.05) is 0 Å². The van der Waals surface area contributed by atoms with E-state index in [-0.39, 0.29) is 18.0 Å². The molecule has 1 fully saturated rings. The third-order valence-corrected chi connectivity index (χ3v) is 4.62. The molecule has 1 amide bonds. The molecule has 0 radical (unpaired) electrons. The molecular weight excluding hydrogens is 344 g/mol. The SMILES string of the molecule is Cn1cc([C@@H]2NC(=O)CC[C@H]2NCc2ccc(Oc3ccccc3)o2)cn1. The molecule has 4 rings (SSSR count). The Morgan fingerprint density at radius 1 is 1.30 bits per heavy atom. The summed E-state index contributed by atoms with van der Waals surface area (Å²) in [4.78, 5) is 11.8. The van der Waals surface area contributed by atoms with E-state index in [0.717, 1.165) is 23.5 Å². The summed E-state index contributed by atoms with van der Waals surface area (Å²) < 4.78 is 13.2. The molecule has 1 aliphatic heterocycles. The van der Waals surface area contributed by atoms with Crippen molar-refractivity contribution in [1.82, 2.24) is 20.4 Å². The van der Waals surface area contributed by atoms with E-state index in [1.54, 1.807) is 10.9 Å². The summed E-state index contributed by atoms with van der Waals surface area (Å²) in [6.07, 6.45) is 5.00. The summed E-state index contributed by atoms with van der Waals surface area (Å²) in [6, 6.07) is 13.2. The molecule has 1 aliphatic rings. The van der Waals surface area contributed by atoms with Crippen LogP contribution in [-0.4, -0.2) is 21.7 Å². The minimum Gasteiger partial charge on any atom is -0.429 e. The van der Waals surface area contributed by atoms with E-state index in [1.165, 1.54) is 0 Å². The molecule has 0 aliphatic carbocycles. The van der Waals surface area contributed by atoms with Gasteiger partial charge < -0.3 is 19.8 Å². The molecule has 3 aromatic rings. The second-order valence-electron chi connectivity index (χ2n) is 6.65. The van der Waals surface area contributed by atoms with E-state index in [0.29, 0.717) is 18.9 Å². The van der Waals surface area contributed by atoms with Gasteiger partial charge in [-0.2, -0.15) is 5.10 Å². The van der Waals surface area contributed by atoms with Crippen LogP contribution < -0.4 is 15.4 Å². The van der Waals surface area contributed by atoms with Crippen LogP contribution in [-0.2, 0) is 18.4 Å². The molecular formula is C20H22N4O3. The number of furan rings is 1. The Bertz CT molecular complexity index is 903. The second kappa shape index (κ2) is 7.67. The molecule has 140 valence electrons. The lowest BCUT2D eigenvalue weighted by atomic mass is 9.93. The largest absolute Gasteiger partial charge is 0.429 e. The molecule has 3 heterocycles. The Morgan fingerprint density at radius 3 is 2.93 bits per heavy atom. The molecule has 0 saturated carbocycles. The topological polar surface area (TPSA) is 81.3 Å². The van der Waals surface area contributed by atoms with E-state index in [4.69, 9.17) is 9.15 Å². The number of carbonyl (C=O) groups is 1. The highest BCUT2D eigenvalue weighted by Crippen LogP contribution is 2.26. The van der Waals surface area contributed by atoms with Crippen molar-refractivity contribution in [2.45, 2.75) is 31.5 Å². The number of nitrogens with zero attached hydrogens (tertiary/aromatic N) is 2. The molecule has 27 heavy (non-hydrogen) atoms. The normalized spacial score (nSPS) is 19.7. The summed E-state index contributed by atoms with van der Waals surface area (Å²) in [7, 11) is 1.87. The highest BCUT2D eigenvalue weighted by Gasteiger charge is 2.30. The number of aryl methyl sites for hydroxylation is 1. The van der Waals surface area contributed by atoms with Crippen molar-refractivity contribution in [3.63, 3.8) is 0 Å². The minimum absolute atomic E-state index is 0.0680. The van der Waals surface area contributed by atoms with Gasteiger partial charge in [0.05, 0.1) is 18.8 Å². The number of aromatic nitrogens is 2. The fourth-order valence-electron chi connectivity index (χ4n) is 3.28. The Balaban J connectivity index is 1.39. The van der Waals surface area contributed by atoms with Crippen LogP contribution in [0.15, 0.2) is 59.3 Å². The number of ether oxygens (including phenoxy) is 1. The van der Waals surface area contributed by atoms with Crippen LogP contribution in [0.25, 0.3) is 0 Å². The zero-order valence-electron chi connectivity index (χ0n) is 15.1. The van der Waals surface area contributed by atoms with Crippen molar-refractivity contribution in [2.24, 2.45) is 7.05 Å². The Hall–Kier alpha value is -3.06. The summed E-state index contributed by atoms with van der Waals surface area (Å²) in [5, 5.41) is 10.8. The monoisotopic (exact) mass is 366 g/mol. The first-order valence-electron chi connectivity index (χ1n) is 9.00. The number of nitrogens with one attached hydrogen (secondary N) is 2. The van der Waals surface area contributed by atoms with Gasteiger partial charge in [-0.05, 0) is 24.6 Å². The number of rotatable bonds is 6. The van der Waals surface area contributed by atoms with E-state index in [9.17, 15) is 4.79 Å². The number of carbonyl (C=O) groups excluding carboxylic acids is 1. The van der Waals surface area contributed by atoms with E-state index in [1.807, 2.05) is 55.7 Å². The number of hydrogen-bond donors (Lipinski definition) is 2. The zero-order chi connectivity index (χ0) is 18.6. The van der Waals surface area contributed by atoms with Gasteiger partial charge in [-0.1, -0.05) is 18.2 Å². The highest BCUT2D eigenvalue weighted by molar-refractivity contribution is 5.77.